The number of pyridine rings is 1. The Hall–Kier alpha value is -2.08. The number of halogens is 1. The average molecular weight is 322 g/mol. The zero-order chi connectivity index (χ0) is 13.8. The lowest BCUT2D eigenvalue weighted by Gasteiger charge is -2.08. The number of anilines is 2. The first-order valence-electron chi connectivity index (χ1n) is 5.53. The van der Waals surface area contributed by atoms with Crippen LogP contribution in [0.2, 0.25) is 0 Å². The molecule has 0 radical (unpaired) electrons. The number of nitrogens with one attached hydrogen (secondary N) is 1. The number of hydrogen-bond donors (Lipinski definition) is 3. The summed E-state index contributed by atoms with van der Waals surface area (Å²) < 4.78 is 0.989. The van der Waals surface area contributed by atoms with E-state index in [9.17, 15) is 4.79 Å². The third-order valence-corrected chi connectivity index (χ3v) is 3.02. The van der Waals surface area contributed by atoms with Crippen molar-refractivity contribution in [1.29, 1.82) is 0 Å². The molecule has 0 atom stereocenters. The molecule has 98 valence electrons. The fourth-order valence-electron chi connectivity index (χ4n) is 1.59. The Kier molecular flexibility index (Phi) is 4.01. The van der Waals surface area contributed by atoms with Crippen molar-refractivity contribution in [3.8, 4) is 0 Å². The molecule has 2 rings (SSSR count). The van der Waals surface area contributed by atoms with Gasteiger partial charge in [-0.05, 0) is 23.8 Å². The summed E-state index contributed by atoms with van der Waals surface area (Å²) in [5.41, 5.74) is 6.80. The number of carboxylic acid groups (broad SMARTS) is 1. The number of aromatic carboxylic acids is 1. The van der Waals surface area contributed by atoms with Crippen LogP contribution in [0.5, 0.6) is 0 Å². The number of hydrogen-bond acceptors (Lipinski definition) is 4. The van der Waals surface area contributed by atoms with Crippen molar-refractivity contribution in [3.05, 3.63) is 52.1 Å². The molecular weight excluding hydrogens is 310 g/mol. The summed E-state index contributed by atoms with van der Waals surface area (Å²) >= 11 is 3.39. The van der Waals surface area contributed by atoms with Crippen LogP contribution in [-0.2, 0) is 6.54 Å². The number of nitrogen functional groups attached to an aromatic ring is 1. The smallest absolute Gasteiger partial charge is 0.337 e. The number of aromatic nitrogens is 1. The van der Waals surface area contributed by atoms with Crippen molar-refractivity contribution in [2.24, 2.45) is 0 Å². The van der Waals surface area contributed by atoms with Crippen molar-refractivity contribution < 1.29 is 9.90 Å². The van der Waals surface area contributed by atoms with E-state index in [1.165, 1.54) is 12.3 Å². The van der Waals surface area contributed by atoms with Gasteiger partial charge in [0.15, 0.2) is 0 Å². The molecule has 0 aliphatic heterocycles. The van der Waals surface area contributed by atoms with Crippen LogP contribution in [0.3, 0.4) is 0 Å². The first-order chi connectivity index (χ1) is 9.06. The minimum absolute atomic E-state index is 0.0479. The summed E-state index contributed by atoms with van der Waals surface area (Å²) in [4.78, 5) is 15.0. The van der Waals surface area contributed by atoms with E-state index in [0.717, 1.165) is 10.0 Å². The highest BCUT2D eigenvalue weighted by molar-refractivity contribution is 9.10. The van der Waals surface area contributed by atoms with E-state index in [1.54, 1.807) is 0 Å². The largest absolute Gasteiger partial charge is 0.478 e. The fourth-order valence-corrected chi connectivity index (χ4v) is 2.03. The zero-order valence-corrected chi connectivity index (χ0v) is 11.5. The third kappa shape index (κ3) is 3.45. The van der Waals surface area contributed by atoms with Crippen LogP contribution >= 0.6 is 15.9 Å². The number of nitrogens with zero attached hydrogens (tertiary/aromatic N) is 1. The van der Waals surface area contributed by atoms with Crippen molar-refractivity contribution in [2.75, 3.05) is 11.1 Å². The highest BCUT2D eigenvalue weighted by Crippen LogP contribution is 2.16. The van der Waals surface area contributed by atoms with Gasteiger partial charge in [0.05, 0.1) is 17.4 Å². The minimum Gasteiger partial charge on any atom is -0.478 e. The van der Waals surface area contributed by atoms with Gasteiger partial charge >= 0.3 is 5.97 Å². The minimum atomic E-state index is -1.06. The number of carbonyl (C=O) groups is 1. The molecule has 6 heteroatoms. The van der Waals surface area contributed by atoms with Crippen LogP contribution in [0, 0.1) is 0 Å². The molecule has 1 heterocycles. The zero-order valence-electron chi connectivity index (χ0n) is 9.93. The fraction of sp³-hybridized carbons (Fsp3) is 0.0769. The lowest BCUT2D eigenvalue weighted by atomic mass is 10.2. The predicted octanol–water partition coefficient (Wildman–Crippen LogP) is 2.74. The molecule has 1 aromatic carbocycles. The van der Waals surface area contributed by atoms with Crippen LogP contribution in [0.25, 0.3) is 0 Å². The molecule has 2 aromatic rings. The monoisotopic (exact) mass is 321 g/mol. The van der Waals surface area contributed by atoms with Gasteiger partial charge in [0.2, 0.25) is 0 Å². The normalized spacial score (nSPS) is 10.2. The number of rotatable bonds is 4. The summed E-state index contributed by atoms with van der Waals surface area (Å²) in [5, 5.41) is 12.0. The maximum Gasteiger partial charge on any atom is 0.337 e. The second kappa shape index (κ2) is 5.71. The van der Waals surface area contributed by atoms with E-state index >= 15 is 0 Å². The molecule has 0 saturated carbocycles. The number of carboxylic acids is 1. The van der Waals surface area contributed by atoms with Crippen molar-refractivity contribution >= 4 is 33.4 Å². The molecule has 4 N–H and O–H groups in total. The van der Waals surface area contributed by atoms with Crippen LogP contribution < -0.4 is 11.1 Å². The molecule has 0 aliphatic carbocycles. The van der Waals surface area contributed by atoms with E-state index in [0.29, 0.717) is 12.4 Å². The van der Waals surface area contributed by atoms with Crippen molar-refractivity contribution in [3.63, 3.8) is 0 Å². The molecule has 0 amide bonds. The summed E-state index contributed by atoms with van der Waals surface area (Å²) in [6.45, 7) is 0.551. The quantitative estimate of drug-likeness (QED) is 0.805. The topological polar surface area (TPSA) is 88.2 Å². The summed E-state index contributed by atoms with van der Waals surface area (Å²) in [5.74, 6) is -0.586. The Labute approximate surface area is 118 Å². The molecule has 0 spiro atoms. The standard InChI is InChI=1S/C13H12BrN3O2/c14-9-3-1-2-8(4-9)6-16-12-5-10(13(18)19)11(15)7-17-12/h1-5,7H,6,15H2,(H,16,17)(H,18,19). The first kappa shape index (κ1) is 13.4. The van der Waals surface area contributed by atoms with Gasteiger partial charge in [-0.2, -0.15) is 0 Å². The van der Waals surface area contributed by atoms with Gasteiger partial charge < -0.3 is 16.2 Å². The second-order valence-corrected chi connectivity index (χ2v) is 4.86. The van der Waals surface area contributed by atoms with E-state index in [2.05, 4.69) is 26.2 Å². The highest BCUT2D eigenvalue weighted by atomic mass is 79.9. The molecule has 5 nitrogen and oxygen atoms in total. The van der Waals surface area contributed by atoms with Crippen LogP contribution in [-0.4, -0.2) is 16.1 Å². The van der Waals surface area contributed by atoms with E-state index in [-0.39, 0.29) is 11.3 Å². The molecule has 0 aliphatic rings. The molecule has 0 saturated heterocycles. The Morgan fingerprint density at radius 2 is 2.21 bits per heavy atom. The van der Waals surface area contributed by atoms with Crippen LogP contribution in [0.1, 0.15) is 15.9 Å². The Morgan fingerprint density at radius 3 is 2.89 bits per heavy atom. The van der Waals surface area contributed by atoms with Gasteiger partial charge in [0.1, 0.15) is 5.82 Å². The SMILES string of the molecule is Nc1cnc(NCc2cccc(Br)c2)cc1C(=O)O. The third-order valence-electron chi connectivity index (χ3n) is 2.53. The Bertz CT molecular complexity index is 617. The van der Waals surface area contributed by atoms with Gasteiger partial charge in [-0.3, -0.25) is 0 Å². The second-order valence-electron chi connectivity index (χ2n) is 3.95. The van der Waals surface area contributed by atoms with Gasteiger partial charge in [0.25, 0.3) is 0 Å². The van der Waals surface area contributed by atoms with E-state index in [4.69, 9.17) is 10.8 Å². The highest BCUT2D eigenvalue weighted by Gasteiger charge is 2.09. The molecule has 0 fully saturated rings. The first-order valence-corrected chi connectivity index (χ1v) is 6.32. The lowest BCUT2D eigenvalue weighted by molar-refractivity contribution is 0.0698. The number of benzene rings is 1. The van der Waals surface area contributed by atoms with Gasteiger partial charge in [0, 0.05) is 11.0 Å². The van der Waals surface area contributed by atoms with E-state index < -0.39 is 5.97 Å². The lowest BCUT2D eigenvalue weighted by Crippen LogP contribution is -2.07. The van der Waals surface area contributed by atoms with Crippen molar-refractivity contribution in [1.82, 2.24) is 4.98 Å². The summed E-state index contributed by atoms with van der Waals surface area (Å²) in [7, 11) is 0. The molecule has 0 unspecified atom stereocenters. The average Bonchev–Trinajstić information content (AvgIpc) is 2.37. The predicted molar refractivity (Wildman–Crippen MR) is 77.1 cm³/mol. The summed E-state index contributed by atoms with van der Waals surface area (Å²) in [6, 6.07) is 9.24. The molecule has 19 heavy (non-hydrogen) atoms. The van der Waals surface area contributed by atoms with Crippen LogP contribution in [0.4, 0.5) is 11.5 Å². The maximum absolute atomic E-state index is 11.0. The molecule has 1 aromatic heterocycles. The number of nitrogens with two attached hydrogens (primary N) is 1. The Morgan fingerprint density at radius 1 is 1.42 bits per heavy atom. The maximum atomic E-state index is 11.0. The van der Waals surface area contributed by atoms with E-state index in [1.807, 2.05) is 24.3 Å². The van der Waals surface area contributed by atoms with Gasteiger partial charge in [-0.15, -0.1) is 0 Å². The summed E-state index contributed by atoms with van der Waals surface area (Å²) in [6.07, 6.45) is 1.34. The Balaban J connectivity index is 2.12. The molecular formula is C13H12BrN3O2. The van der Waals surface area contributed by atoms with Crippen LogP contribution in [0.15, 0.2) is 41.0 Å². The molecule has 0 bridgehead atoms. The van der Waals surface area contributed by atoms with Gasteiger partial charge in [-0.1, -0.05) is 28.1 Å². The van der Waals surface area contributed by atoms with Crippen molar-refractivity contribution in [2.45, 2.75) is 6.54 Å². The van der Waals surface area contributed by atoms with Gasteiger partial charge in [-0.25, -0.2) is 9.78 Å².